The van der Waals surface area contributed by atoms with Crippen LogP contribution >= 0.6 is 0 Å². The second-order valence-corrected chi connectivity index (χ2v) is 8.46. The topological polar surface area (TPSA) is 66.5 Å². The van der Waals surface area contributed by atoms with Crippen molar-refractivity contribution in [2.75, 3.05) is 21.9 Å². The molecule has 0 unspecified atom stereocenters. The van der Waals surface area contributed by atoms with E-state index in [-0.39, 0.29) is 11.7 Å². The SMILES string of the molecule is C/C(=C\c1ccccc1F)C(=O)Nc1cccc(N2CCCCS2(=O)=O)c1. The van der Waals surface area contributed by atoms with Crippen molar-refractivity contribution in [1.29, 1.82) is 0 Å². The Labute approximate surface area is 158 Å². The minimum Gasteiger partial charge on any atom is -0.322 e. The highest BCUT2D eigenvalue weighted by atomic mass is 32.2. The fourth-order valence-electron chi connectivity index (χ4n) is 2.94. The Morgan fingerprint density at radius 1 is 1.15 bits per heavy atom. The summed E-state index contributed by atoms with van der Waals surface area (Å²) in [5, 5.41) is 2.74. The van der Waals surface area contributed by atoms with Crippen LogP contribution in [0.15, 0.2) is 54.1 Å². The molecule has 1 heterocycles. The minimum absolute atomic E-state index is 0.133. The molecule has 1 amide bonds. The van der Waals surface area contributed by atoms with E-state index < -0.39 is 15.8 Å². The Bertz CT molecular complexity index is 986. The number of sulfonamides is 1. The number of nitrogens with one attached hydrogen (secondary N) is 1. The van der Waals surface area contributed by atoms with Crippen LogP contribution in [0.4, 0.5) is 15.8 Å². The van der Waals surface area contributed by atoms with Gasteiger partial charge >= 0.3 is 0 Å². The predicted octanol–water partition coefficient (Wildman–Crippen LogP) is 3.80. The monoisotopic (exact) mass is 388 g/mol. The highest BCUT2D eigenvalue weighted by molar-refractivity contribution is 7.92. The van der Waals surface area contributed by atoms with Gasteiger partial charge in [-0.25, -0.2) is 12.8 Å². The number of nitrogens with zero attached hydrogens (tertiary/aromatic N) is 1. The van der Waals surface area contributed by atoms with Gasteiger partial charge in [-0.2, -0.15) is 0 Å². The smallest absolute Gasteiger partial charge is 0.251 e. The quantitative estimate of drug-likeness (QED) is 0.810. The van der Waals surface area contributed by atoms with Gasteiger partial charge in [-0.15, -0.1) is 0 Å². The highest BCUT2D eigenvalue weighted by Crippen LogP contribution is 2.26. The zero-order valence-electron chi connectivity index (χ0n) is 15.0. The van der Waals surface area contributed by atoms with E-state index in [0.717, 1.165) is 6.42 Å². The largest absolute Gasteiger partial charge is 0.322 e. The molecule has 142 valence electrons. The third-order valence-electron chi connectivity index (χ3n) is 4.38. The maximum absolute atomic E-state index is 13.7. The van der Waals surface area contributed by atoms with Gasteiger partial charge in [-0.3, -0.25) is 9.10 Å². The zero-order valence-corrected chi connectivity index (χ0v) is 15.8. The van der Waals surface area contributed by atoms with E-state index in [1.165, 1.54) is 16.4 Å². The molecule has 1 aliphatic heterocycles. The van der Waals surface area contributed by atoms with E-state index >= 15 is 0 Å². The van der Waals surface area contributed by atoms with Crippen LogP contribution in [0.1, 0.15) is 25.3 Å². The van der Waals surface area contributed by atoms with Gasteiger partial charge in [0.2, 0.25) is 10.0 Å². The Balaban J connectivity index is 1.78. The summed E-state index contributed by atoms with van der Waals surface area (Å²) in [5.41, 5.74) is 1.69. The maximum Gasteiger partial charge on any atom is 0.251 e. The van der Waals surface area contributed by atoms with Crippen LogP contribution < -0.4 is 9.62 Å². The molecule has 0 atom stereocenters. The second-order valence-electron chi connectivity index (χ2n) is 6.45. The fourth-order valence-corrected chi connectivity index (χ4v) is 4.57. The lowest BCUT2D eigenvalue weighted by molar-refractivity contribution is -0.112. The number of anilines is 2. The summed E-state index contributed by atoms with van der Waals surface area (Å²) in [6.45, 7) is 2.03. The Morgan fingerprint density at radius 2 is 1.93 bits per heavy atom. The van der Waals surface area contributed by atoms with Crippen molar-refractivity contribution < 1.29 is 17.6 Å². The van der Waals surface area contributed by atoms with Crippen LogP contribution in [0.5, 0.6) is 0 Å². The van der Waals surface area contributed by atoms with Crippen molar-refractivity contribution in [3.63, 3.8) is 0 Å². The minimum atomic E-state index is -3.32. The normalized spacial score (nSPS) is 16.8. The Kier molecular flexibility index (Phi) is 5.60. The molecule has 2 aromatic carbocycles. The zero-order chi connectivity index (χ0) is 19.4. The van der Waals surface area contributed by atoms with Gasteiger partial charge in [0.05, 0.1) is 11.4 Å². The molecule has 1 fully saturated rings. The molecular weight excluding hydrogens is 367 g/mol. The van der Waals surface area contributed by atoms with Crippen molar-refractivity contribution in [3.05, 3.63) is 65.5 Å². The molecule has 27 heavy (non-hydrogen) atoms. The van der Waals surface area contributed by atoms with Gasteiger partial charge in [0.1, 0.15) is 5.82 Å². The van der Waals surface area contributed by atoms with Crippen molar-refractivity contribution >= 4 is 33.4 Å². The van der Waals surface area contributed by atoms with Crippen molar-refractivity contribution in [2.45, 2.75) is 19.8 Å². The van der Waals surface area contributed by atoms with Gasteiger partial charge in [0.15, 0.2) is 0 Å². The third kappa shape index (κ3) is 4.54. The summed E-state index contributed by atoms with van der Waals surface area (Å²) in [6, 6.07) is 12.9. The molecule has 0 spiro atoms. The van der Waals surface area contributed by atoms with E-state index in [9.17, 15) is 17.6 Å². The van der Waals surface area contributed by atoms with Gasteiger partial charge < -0.3 is 5.32 Å². The Hall–Kier alpha value is -2.67. The summed E-state index contributed by atoms with van der Waals surface area (Å²) >= 11 is 0. The molecule has 0 aliphatic carbocycles. The van der Waals surface area contributed by atoms with E-state index in [1.807, 2.05) is 0 Å². The average molecular weight is 388 g/mol. The first-order valence-electron chi connectivity index (χ1n) is 8.71. The molecule has 0 bridgehead atoms. The van der Waals surface area contributed by atoms with Crippen LogP contribution in [-0.2, 0) is 14.8 Å². The van der Waals surface area contributed by atoms with Crippen LogP contribution in [0.3, 0.4) is 0 Å². The lowest BCUT2D eigenvalue weighted by Gasteiger charge is -2.28. The summed E-state index contributed by atoms with van der Waals surface area (Å²) in [5.74, 6) is -0.646. The number of rotatable bonds is 4. The second kappa shape index (κ2) is 7.92. The standard InChI is InChI=1S/C20H21FN2O3S/c1-15(13-16-7-2-3-10-19(16)21)20(24)22-17-8-6-9-18(14-17)23-11-4-5-12-27(23,25)26/h2-3,6-10,13-14H,4-5,11-12H2,1H3,(H,22,24)/b15-13+. The van der Waals surface area contributed by atoms with Gasteiger partial charge in [-0.1, -0.05) is 24.3 Å². The molecule has 0 aromatic heterocycles. The molecule has 0 radical (unpaired) electrons. The summed E-state index contributed by atoms with van der Waals surface area (Å²) < 4.78 is 39.6. The van der Waals surface area contributed by atoms with Crippen molar-refractivity contribution in [2.24, 2.45) is 0 Å². The maximum atomic E-state index is 13.7. The summed E-state index contributed by atoms with van der Waals surface area (Å²) in [7, 11) is -3.32. The van der Waals surface area contributed by atoms with Crippen LogP contribution in [-0.4, -0.2) is 26.6 Å². The van der Waals surface area contributed by atoms with E-state index in [1.54, 1.807) is 49.4 Å². The molecule has 7 heteroatoms. The molecule has 1 aliphatic rings. The lowest BCUT2D eigenvalue weighted by Crippen LogP contribution is -2.37. The number of hydrogen-bond acceptors (Lipinski definition) is 3. The number of carbonyl (C=O) groups is 1. The molecule has 1 N–H and O–H groups in total. The third-order valence-corrected chi connectivity index (χ3v) is 6.25. The first-order chi connectivity index (χ1) is 12.9. The molecule has 2 aromatic rings. The van der Waals surface area contributed by atoms with Gasteiger partial charge in [0, 0.05) is 23.4 Å². The fraction of sp³-hybridized carbons (Fsp3) is 0.250. The highest BCUT2D eigenvalue weighted by Gasteiger charge is 2.26. The van der Waals surface area contributed by atoms with Crippen molar-refractivity contribution in [3.8, 4) is 0 Å². The first kappa shape index (κ1) is 19.1. The molecule has 1 saturated heterocycles. The van der Waals surface area contributed by atoms with Crippen LogP contribution in [0, 0.1) is 5.82 Å². The number of amides is 1. The van der Waals surface area contributed by atoms with Crippen LogP contribution in [0.2, 0.25) is 0 Å². The van der Waals surface area contributed by atoms with E-state index in [2.05, 4.69) is 5.32 Å². The van der Waals surface area contributed by atoms with E-state index in [0.29, 0.717) is 35.5 Å². The Morgan fingerprint density at radius 3 is 2.67 bits per heavy atom. The van der Waals surface area contributed by atoms with Crippen molar-refractivity contribution in [1.82, 2.24) is 0 Å². The molecule has 5 nitrogen and oxygen atoms in total. The van der Waals surface area contributed by atoms with Crippen LogP contribution in [0.25, 0.3) is 6.08 Å². The number of halogens is 1. The van der Waals surface area contributed by atoms with E-state index in [4.69, 9.17) is 0 Å². The molecule has 3 rings (SSSR count). The average Bonchev–Trinajstić information content (AvgIpc) is 2.63. The molecular formula is C20H21FN2O3S. The summed E-state index contributed by atoms with van der Waals surface area (Å²) in [6.07, 6.45) is 2.94. The molecule has 0 saturated carbocycles. The first-order valence-corrected chi connectivity index (χ1v) is 10.3. The number of benzene rings is 2. The lowest BCUT2D eigenvalue weighted by atomic mass is 10.1. The number of hydrogen-bond donors (Lipinski definition) is 1. The van der Waals surface area contributed by atoms with Gasteiger partial charge in [0.25, 0.3) is 5.91 Å². The predicted molar refractivity (Wildman–Crippen MR) is 105 cm³/mol. The number of carbonyl (C=O) groups excluding carboxylic acids is 1. The van der Waals surface area contributed by atoms with Gasteiger partial charge in [-0.05, 0) is 50.1 Å². The summed E-state index contributed by atoms with van der Waals surface area (Å²) in [4.78, 5) is 12.4.